The number of carbonyl (C=O) groups excluding carboxylic acids is 1. The highest BCUT2D eigenvalue weighted by atomic mass is 16.5. The van der Waals surface area contributed by atoms with Crippen LogP contribution in [0.4, 0.5) is 11.4 Å². The van der Waals surface area contributed by atoms with Gasteiger partial charge in [-0.05, 0) is 18.2 Å². The fourth-order valence-corrected chi connectivity index (χ4v) is 1.43. The maximum atomic E-state index is 11.3. The number of methoxy groups -OCH3 is 1. The minimum absolute atomic E-state index is 0.0388. The second-order valence-electron chi connectivity index (χ2n) is 3.65. The van der Waals surface area contributed by atoms with Crippen LogP contribution in [0, 0.1) is 11.3 Å². The second-order valence-corrected chi connectivity index (χ2v) is 3.65. The first kappa shape index (κ1) is 13.8. The Morgan fingerprint density at radius 2 is 2.28 bits per heavy atom. The van der Waals surface area contributed by atoms with Gasteiger partial charge in [-0.25, -0.2) is 0 Å². The number of nitriles is 1. The zero-order chi connectivity index (χ0) is 13.4. The summed E-state index contributed by atoms with van der Waals surface area (Å²) in [5, 5.41) is 14.4. The van der Waals surface area contributed by atoms with E-state index >= 15 is 0 Å². The highest BCUT2D eigenvalue weighted by Gasteiger charge is 2.05. The number of nitrogens with zero attached hydrogens (tertiary/aromatic N) is 1. The van der Waals surface area contributed by atoms with Crippen LogP contribution in [0.5, 0.6) is 5.75 Å². The molecule has 0 aromatic heterocycles. The SMILES string of the molecule is CCC(=O)Nc1ccc(OC)c(NCCC#N)c1. The molecule has 5 nitrogen and oxygen atoms in total. The summed E-state index contributed by atoms with van der Waals surface area (Å²) in [4.78, 5) is 11.3. The van der Waals surface area contributed by atoms with Gasteiger partial charge in [-0.2, -0.15) is 5.26 Å². The van der Waals surface area contributed by atoms with Gasteiger partial charge < -0.3 is 15.4 Å². The van der Waals surface area contributed by atoms with Gasteiger partial charge in [0.15, 0.2) is 0 Å². The Hall–Kier alpha value is -2.22. The van der Waals surface area contributed by atoms with E-state index < -0.39 is 0 Å². The van der Waals surface area contributed by atoms with Crippen LogP contribution in [0.15, 0.2) is 18.2 Å². The summed E-state index contributed by atoms with van der Waals surface area (Å²) in [6, 6.07) is 7.41. The number of rotatable bonds is 6. The molecule has 0 atom stereocenters. The number of hydrogen-bond donors (Lipinski definition) is 2. The lowest BCUT2D eigenvalue weighted by molar-refractivity contribution is -0.115. The fourth-order valence-electron chi connectivity index (χ4n) is 1.43. The van der Waals surface area contributed by atoms with Gasteiger partial charge >= 0.3 is 0 Å². The highest BCUT2D eigenvalue weighted by Crippen LogP contribution is 2.27. The molecule has 0 aliphatic heterocycles. The van der Waals surface area contributed by atoms with Crippen LogP contribution in [0.1, 0.15) is 19.8 Å². The largest absolute Gasteiger partial charge is 0.495 e. The van der Waals surface area contributed by atoms with Crippen LogP contribution >= 0.6 is 0 Å². The van der Waals surface area contributed by atoms with E-state index in [1.165, 1.54) is 0 Å². The Labute approximate surface area is 107 Å². The van der Waals surface area contributed by atoms with Gasteiger partial charge in [0.1, 0.15) is 5.75 Å². The summed E-state index contributed by atoms with van der Waals surface area (Å²) in [5.41, 5.74) is 1.48. The first-order chi connectivity index (χ1) is 8.71. The molecule has 0 saturated heterocycles. The van der Waals surface area contributed by atoms with E-state index in [2.05, 4.69) is 16.7 Å². The molecular weight excluding hydrogens is 230 g/mol. The zero-order valence-electron chi connectivity index (χ0n) is 10.6. The maximum Gasteiger partial charge on any atom is 0.224 e. The minimum atomic E-state index is -0.0388. The lowest BCUT2D eigenvalue weighted by Gasteiger charge is -2.12. The van der Waals surface area contributed by atoms with Crippen molar-refractivity contribution < 1.29 is 9.53 Å². The molecule has 2 N–H and O–H groups in total. The smallest absolute Gasteiger partial charge is 0.224 e. The van der Waals surface area contributed by atoms with E-state index in [1.807, 2.05) is 0 Å². The Bertz CT molecular complexity index is 452. The molecule has 0 spiro atoms. The van der Waals surface area contributed by atoms with Crippen LogP contribution in [-0.4, -0.2) is 19.6 Å². The van der Waals surface area contributed by atoms with Crippen molar-refractivity contribution in [3.8, 4) is 11.8 Å². The Balaban J connectivity index is 2.81. The molecule has 0 aliphatic carbocycles. The minimum Gasteiger partial charge on any atom is -0.495 e. The van der Waals surface area contributed by atoms with Crippen LogP contribution in [0.2, 0.25) is 0 Å². The molecule has 0 radical (unpaired) electrons. The summed E-state index contributed by atoms with van der Waals surface area (Å²) in [6.45, 7) is 2.34. The van der Waals surface area contributed by atoms with Crippen molar-refractivity contribution >= 4 is 17.3 Å². The average molecular weight is 247 g/mol. The number of nitrogens with one attached hydrogen (secondary N) is 2. The van der Waals surface area contributed by atoms with Gasteiger partial charge in [-0.1, -0.05) is 6.92 Å². The quantitative estimate of drug-likeness (QED) is 0.757. The summed E-state index contributed by atoms with van der Waals surface area (Å²) in [5.74, 6) is 0.644. The Morgan fingerprint density at radius 3 is 2.89 bits per heavy atom. The third-order valence-corrected chi connectivity index (χ3v) is 2.36. The lowest BCUT2D eigenvalue weighted by atomic mass is 10.2. The number of hydrogen-bond acceptors (Lipinski definition) is 4. The molecule has 1 rings (SSSR count). The van der Waals surface area contributed by atoms with Gasteiger partial charge in [0.05, 0.1) is 25.3 Å². The van der Waals surface area contributed by atoms with E-state index in [-0.39, 0.29) is 5.91 Å². The van der Waals surface area contributed by atoms with Gasteiger partial charge in [0.2, 0.25) is 5.91 Å². The molecule has 96 valence electrons. The Morgan fingerprint density at radius 1 is 1.50 bits per heavy atom. The van der Waals surface area contributed by atoms with Crippen molar-refractivity contribution in [1.29, 1.82) is 5.26 Å². The normalized spacial score (nSPS) is 9.39. The van der Waals surface area contributed by atoms with E-state index in [9.17, 15) is 4.79 Å². The number of ether oxygens (including phenoxy) is 1. The molecule has 0 unspecified atom stereocenters. The molecule has 0 aliphatic rings. The van der Waals surface area contributed by atoms with Gasteiger partial charge in [0, 0.05) is 18.7 Å². The number of carbonyl (C=O) groups is 1. The predicted octanol–water partition coefficient (Wildman–Crippen LogP) is 2.37. The standard InChI is InChI=1S/C13H17N3O2/c1-3-13(17)16-10-5-6-12(18-2)11(9-10)15-8-4-7-14/h5-6,9,15H,3-4,8H2,1-2H3,(H,16,17). The van der Waals surface area contributed by atoms with E-state index in [0.717, 1.165) is 5.69 Å². The summed E-state index contributed by atoms with van der Waals surface area (Å²) >= 11 is 0. The van der Waals surface area contributed by atoms with Crippen molar-refractivity contribution in [3.63, 3.8) is 0 Å². The second kappa shape index (κ2) is 7.17. The first-order valence-corrected chi connectivity index (χ1v) is 5.80. The molecule has 1 aromatic carbocycles. The lowest BCUT2D eigenvalue weighted by Crippen LogP contribution is -2.10. The molecule has 18 heavy (non-hydrogen) atoms. The van der Waals surface area contributed by atoms with Crippen LogP contribution in [-0.2, 0) is 4.79 Å². The summed E-state index contributed by atoms with van der Waals surface area (Å²) in [6.07, 6.45) is 0.845. The number of benzene rings is 1. The summed E-state index contributed by atoms with van der Waals surface area (Å²) < 4.78 is 5.20. The number of anilines is 2. The molecule has 0 heterocycles. The van der Waals surface area contributed by atoms with Gasteiger partial charge in [0.25, 0.3) is 0 Å². The topological polar surface area (TPSA) is 74.2 Å². The van der Waals surface area contributed by atoms with Crippen LogP contribution in [0.3, 0.4) is 0 Å². The van der Waals surface area contributed by atoms with Crippen molar-refractivity contribution in [2.45, 2.75) is 19.8 Å². The molecule has 5 heteroatoms. The van der Waals surface area contributed by atoms with Crippen molar-refractivity contribution in [2.24, 2.45) is 0 Å². The van der Waals surface area contributed by atoms with Crippen LogP contribution < -0.4 is 15.4 Å². The monoisotopic (exact) mass is 247 g/mol. The molecule has 0 fully saturated rings. The molecule has 0 bridgehead atoms. The van der Waals surface area contributed by atoms with E-state index in [4.69, 9.17) is 10.00 Å². The molecule has 0 saturated carbocycles. The third kappa shape index (κ3) is 3.98. The highest BCUT2D eigenvalue weighted by molar-refractivity contribution is 5.91. The average Bonchev–Trinajstić information content (AvgIpc) is 2.39. The molecular formula is C13H17N3O2. The Kier molecular flexibility index (Phi) is 5.52. The van der Waals surface area contributed by atoms with Crippen molar-refractivity contribution in [1.82, 2.24) is 0 Å². The van der Waals surface area contributed by atoms with Gasteiger partial charge in [-0.15, -0.1) is 0 Å². The van der Waals surface area contributed by atoms with Crippen molar-refractivity contribution in [3.05, 3.63) is 18.2 Å². The first-order valence-electron chi connectivity index (χ1n) is 5.80. The van der Waals surface area contributed by atoms with E-state index in [1.54, 1.807) is 32.2 Å². The van der Waals surface area contributed by atoms with Crippen LogP contribution in [0.25, 0.3) is 0 Å². The molecule has 1 amide bonds. The number of amides is 1. The summed E-state index contributed by atoms with van der Waals surface area (Å²) in [7, 11) is 1.58. The zero-order valence-corrected chi connectivity index (χ0v) is 10.6. The fraction of sp³-hybridized carbons (Fsp3) is 0.385. The third-order valence-electron chi connectivity index (χ3n) is 2.36. The van der Waals surface area contributed by atoms with E-state index in [0.29, 0.717) is 30.8 Å². The van der Waals surface area contributed by atoms with Gasteiger partial charge in [-0.3, -0.25) is 4.79 Å². The predicted molar refractivity (Wildman–Crippen MR) is 70.6 cm³/mol. The molecule has 1 aromatic rings. The maximum absolute atomic E-state index is 11.3. The van der Waals surface area contributed by atoms with Crippen molar-refractivity contribution in [2.75, 3.05) is 24.3 Å².